The highest BCUT2D eigenvalue weighted by atomic mass is 35.5. The average Bonchev–Trinajstić information content (AvgIpc) is 3.27. The predicted octanol–water partition coefficient (Wildman–Crippen LogP) is 4.91. The molecule has 0 bridgehead atoms. The Balaban J connectivity index is 1.33. The maximum atomic E-state index is 13.2. The highest BCUT2D eigenvalue weighted by Crippen LogP contribution is 2.36. The van der Waals surface area contributed by atoms with Crippen molar-refractivity contribution in [2.45, 2.75) is 25.9 Å². The van der Waals surface area contributed by atoms with E-state index in [-0.39, 0.29) is 12.0 Å². The first-order valence-corrected chi connectivity index (χ1v) is 13.6. The molecule has 0 radical (unpaired) electrons. The van der Waals surface area contributed by atoms with E-state index >= 15 is 0 Å². The summed E-state index contributed by atoms with van der Waals surface area (Å²) < 4.78 is 18.5. The molecule has 0 aliphatic carbocycles. The van der Waals surface area contributed by atoms with E-state index < -0.39 is 0 Å². The highest BCUT2D eigenvalue weighted by molar-refractivity contribution is 7.22. The first kappa shape index (κ1) is 25.1. The van der Waals surface area contributed by atoms with Crippen molar-refractivity contribution in [2.75, 3.05) is 63.3 Å². The Labute approximate surface area is 220 Å². The number of benzene rings is 2. The molecule has 36 heavy (non-hydrogen) atoms. The lowest BCUT2D eigenvalue weighted by molar-refractivity contribution is 0.102. The number of anilines is 2. The first-order valence-electron chi connectivity index (χ1n) is 12.4. The molecule has 3 heterocycles. The number of ether oxygens (including phenoxy) is 3. The molecule has 2 aliphatic rings. The van der Waals surface area contributed by atoms with E-state index in [9.17, 15) is 4.79 Å². The van der Waals surface area contributed by atoms with Gasteiger partial charge in [-0.05, 0) is 51.1 Å². The molecule has 0 spiro atoms. The molecule has 2 aliphatic heterocycles. The number of halogens is 1. The number of nitrogens with zero attached hydrogens (tertiary/aromatic N) is 3. The first-order chi connectivity index (χ1) is 17.5. The fourth-order valence-corrected chi connectivity index (χ4v) is 5.66. The van der Waals surface area contributed by atoms with E-state index in [2.05, 4.69) is 27.1 Å². The molecule has 8 nitrogen and oxygen atoms in total. The van der Waals surface area contributed by atoms with Gasteiger partial charge in [-0.1, -0.05) is 22.9 Å². The minimum absolute atomic E-state index is 0.230. The van der Waals surface area contributed by atoms with E-state index in [1.54, 1.807) is 12.1 Å². The van der Waals surface area contributed by atoms with Gasteiger partial charge in [-0.3, -0.25) is 10.1 Å². The number of fused-ring (bicyclic) bond motifs is 1. The molecular formula is C26H31ClN4O4S. The molecule has 2 aromatic carbocycles. The topological polar surface area (TPSA) is 76.2 Å². The monoisotopic (exact) mass is 530 g/mol. The second-order valence-corrected chi connectivity index (χ2v) is 10.5. The van der Waals surface area contributed by atoms with Gasteiger partial charge in [0.25, 0.3) is 5.91 Å². The molecule has 1 N–H and O–H groups in total. The molecule has 5 rings (SSSR count). The molecule has 1 amide bonds. The van der Waals surface area contributed by atoms with Crippen LogP contribution >= 0.6 is 22.9 Å². The molecule has 0 atom stereocenters. The van der Waals surface area contributed by atoms with E-state index in [4.69, 9.17) is 25.8 Å². The molecule has 192 valence electrons. The summed E-state index contributed by atoms with van der Waals surface area (Å²) in [5.74, 6) is 1.20. The van der Waals surface area contributed by atoms with Gasteiger partial charge < -0.3 is 24.0 Å². The number of thiazole rings is 1. The van der Waals surface area contributed by atoms with Crippen LogP contribution in [-0.2, 0) is 4.74 Å². The number of morpholine rings is 1. The number of nitrogens with one attached hydrogen (secondary N) is 1. The van der Waals surface area contributed by atoms with Crippen LogP contribution in [0.15, 0.2) is 30.3 Å². The molecule has 1 aromatic heterocycles. The zero-order valence-electron chi connectivity index (χ0n) is 20.6. The third-order valence-corrected chi connectivity index (χ3v) is 7.74. The summed E-state index contributed by atoms with van der Waals surface area (Å²) in [6.45, 7) is 7.24. The minimum Gasteiger partial charge on any atom is -0.492 e. The molecule has 0 saturated carbocycles. The molecule has 10 heteroatoms. The van der Waals surface area contributed by atoms with Crippen molar-refractivity contribution in [3.05, 3.63) is 40.9 Å². The fraction of sp³-hybridized carbons (Fsp3) is 0.462. The van der Waals surface area contributed by atoms with Gasteiger partial charge in [-0.2, -0.15) is 0 Å². The molecule has 0 unspecified atom stereocenters. The van der Waals surface area contributed by atoms with Crippen LogP contribution in [0.2, 0.25) is 5.02 Å². The van der Waals surface area contributed by atoms with Gasteiger partial charge in [0.15, 0.2) is 5.13 Å². The van der Waals surface area contributed by atoms with Crippen molar-refractivity contribution in [1.29, 1.82) is 0 Å². The average molecular weight is 531 g/mol. The van der Waals surface area contributed by atoms with Crippen LogP contribution in [0, 0.1) is 0 Å². The predicted molar refractivity (Wildman–Crippen MR) is 144 cm³/mol. The van der Waals surface area contributed by atoms with Crippen LogP contribution in [-0.4, -0.2) is 74.9 Å². The number of aromatic nitrogens is 1. The Morgan fingerprint density at radius 3 is 2.72 bits per heavy atom. The number of amides is 1. The van der Waals surface area contributed by atoms with Crippen molar-refractivity contribution in [3.63, 3.8) is 0 Å². The van der Waals surface area contributed by atoms with Crippen LogP contribution in [0.1, 0.15) is 30.1 Å². The Hall–Kier alpha value is -2.59. The molecule has 2 fully saturated rings. The number of carbonyl (C=O) groups excluding carboxylic acids is 1. The van der Waals surface area contributed by atoms with Crippen molar-refractivity contribution in [1.82, 2.24) is 9.88 Å². The van der Waals surface area contributed by atoms with Gasteiger partial charge in [0.1, 0.15) is 17.6 Å². The summed E-state index contributed by atoms with van der Waals surface area (Å²) in [4.78, 5) is 22.3. The molecule has 3 aromatic rings. The van der Waals surface area contributed by atoms with E-state index in [1.165, 1.54) is 11.3 Å². The number of rotatable bonds is 7. The highest BCUT2D eigenvalue weighted by Gasteiger charge is 2.22. The Bertz CT molecular complexity index is 1220. The van der Waals surface area contributed by atoms with Gasteiger partial charge in [-0.25, -0.2) is 4.98 Å². The van der Waals surface area contributed by atoms with E-state index in [1.807, 2.05) is 25.1 Å². The normalized spacial score (nSPS) is 17.4. The zero-order chi connectivity index (χ0) is 25.1. The van der Waals surface area contributed by atoms with E-state index in [0.717, 1.165) is 60.7 Å². The summed E-state index contributed by atoms with van der Waals surface area (Å²) in [5, 5.41) is 3.78. The third-order valence-electron chi connectivity index (χ3n) is 6.49. The second kappa shape index (κ2) is 11.2. The van der Waals surface area contributed by atoms with Gasteiger partial charge in [0, 0.05) is 32.2 Å². The van der Waals surface area contributed by atoms with Gasteiger partial charge in [-0.15, -0.1) is 0 Å². The van der Waals surface area contributed by atoms with Gasteiger partial charge >= 0.3 is 0 Å². The number of likely N-dealkylation sites (tertiary alicyclic amines) is 1. The maximum absolute atomic E-state index is 13.2. The summed E-state index contributed by atoms with van der Waals surface area (Å²) >= 11 is 7.94. The SMILES string of the molecule is CCOc1cc(Cl)c(C(=O)Nc2nc3ccc(OC4CCN(C)CC4)cc3s2)cc1N1CCOCC1. The molecule has 2 saturated heterocycles. The summed E-state index contributed by atoms with van der Waals surface area (Å²) in [5.41, 5.74) is 2.04. The van der Waals surface area contributed by atoms with Crippen LogP contribution in [0.25, 0.3) is 10.2 Å². The number of hydrogen-bond acceptors (Lipinski definition) is 8. The second-order valence-electron chi connectivity index (χ2n) is 9.06. The smallest absolute Gasteiger partial charge is 0.259 e. The third kappa shape index (κ3) is 5.70. The van der Waals surface area contributed by atoms with Gasteiger partial charge in [0.05, 0.1) is 46.3 Å². The minimum atomic E-state index is -0.306. The summed E-state index contributed by atoms with van der Waals surface area (Å²) in [6, 6.07) is 9.40. The van der Waals surface area contributed by atoms with Crippen molar-refractivity contribution < 1.29 is 19.0 Å². The Morgan fingerprint density at radius 1 is 1.19 bits per heavy atom. The van der Waals surface area contributed by atoms with Crippen molar-refractivity contribution in [3.8, 4) is 11.5 Å². The Morgan fingerprint density at radius 2 is 1.97 bits per heavy atom. The lowest BCUT2D eigenvalue weighted by Crippen LogP contribution is -2.36. The maximum Gasteiger partial charge on any atom is 0.259 e. The standard InChI is InChI=1S/C26H31ClN4O4S/c1-3-34-23-16-20(27)19(15-22(23)31-10-12-33-13-11-31)25(32)29-26-28-21-5-4-18(14-24(21)36-26)35-17-6-8-30(2)9-7-17/h4-5,14-17H,3,6-13H2,1-2H3,(H,28,29,32). The zero-order valence-corrected chi connectivity index (χ0v) is 22.2. The number of hydrogen-bond donors (Lipinski definition) is 1. The van der Waals surface area contributed by atoms with Crippen LogP contribution in [0.4, 0.5) is 10.8 Å². The largest absolute Gasteiger partial charge is 0.492 e. The summed E-state index contributed by atoms with van der Waals surface area (Å²) in [7, 11) is 2.14. The van der Waals surface area contributed by atoms with E-state index in [0.29, 0.717) is 41.3 Å². The van der Waals surface area contributed by atoms with Crippen LogP contribution < -0.4 is 19.7 Å². The quantitative estimate of drug-likeness (QED) is 0.465. The lowest BCUT2D eigenvalue weighted by Gasteiger charge is -2.30. The van der Waals surface area contributed by atoms with Crippen LogP contribution in [0.3, 0.4) is 0 Å². The summed E-state index contributed by atoms with van der Waals surface area (Å²) in [6.07, 6.45) is 2.27. The fourth-order valence-electron chi connectivity index (χ4n) is 4.53. The molecular weight excluding hydrogens is 500 g/mol. The van der Waals surface area contributed by atoms with Crippen LogP contribution in [0.5, 0.6) is 11.5 Å². The number of piperidine rings is 1. The van der Waals surface area contributed by atoms with Crippen molar-refractivity contribution >= 4 is 49.9 Å². The van der Waals surface area contributed by atoms with Crippen molar-refractivity contribution in [2.24, 2.45) is 0 Å². The van der Waals surface area contributed by atoms with Gasteiger partial charge in [0.2, 0.25) is 0 Å². The number of carbonyl (C=O) groups is 1. The Kier molecular flexibility index (Phi) is 7.81. The lowest BCUT2D eigenvalue weighted by atomic mass is 10.1.